The second-order valence-electron chi connectivity index (χ2n) is 11.3. The molecule has 2 amide bonds. The van der Waals surface area contributed by atoms with E-state index in [0.717, 1.165) is 43.4 Å². The van der Waals surface area contributed by atoms with Gasteiger partial charge in [0.1, 0.15) is 11.5 Å². The van der Waals surface area contributed by atoms with Crippen LogP contribution in [-0.2, 0) is 12.8 Å². The molecule has 0 bridgehead atoms. The first-order chi connectivity index (χ1) is 18.8. The SMILES string of the molecule is CCc1nc(C(=O)NCC2(O)CCC(C)CC2)c(C(N)=O)n1-c1ccc(CC(C)(C)C(F)(F)F)cc1OC(F)(F)F. The van der Waals surface area contributed by atoms with Crippen LogP contribution in [0.4, 0.5) is 26.3 Å². The molecule has 14 heteroatoms. The van der Waals surface area contributed by atoms with Crippen molar-refractivity contribution in [2.45, 2.75) is 84.4 Å². The number of nitrogens with two attached hydrogens (primary N) is 1. The van der Waals surface area contributed by atoms with Gasteiger partial charge in [-0.25, -0.2) is 4.98 Å². The van der Waals surface area contributed by atoms with Gasteiger partial charge in [-0.2, -0.15) is 13.2 Å². The van der Waals surface area contributed by atoms with Gasteiger partial charge in [-0.3, -0.25) is 14.2 Å². The first kappa shape index (κ1) is 32.2. The summed E-state index contributed by atoms with van der Waals surface area (Å²) in [6.07, 6.45) is -8.10. The fraction of sp³-hybridized carbons (Fsp3) is 0.593. The fourth-order valence-corrected chi connectivity index (χ4v) is 4.82. The van der Waals surface area contributed by atoms with E-state index >= 15 is 0 Å². The smallest absolute Gasteiger partial charge is 0.404 e. The van der Waals surface area contributed by atoms with Crippen LogP contribution in [0, 0.1) is 11.3 Å². The maximum Gasteiger partial charge on any atom is 0.573 e. The van der Waals surface area contributed by atoms with Crippen LogP contribution in [0.3, 0.4) is 0 Å². The van der Waals surface area contributed by atoms with E-state index in [1.54, 1.807) is 6.92 Å². The van der Waals surface area contributed by atoms with Gasteiger partial charge in [-0.05, 0) is 55.7 Å². The number of nitrogens with zero attached hydrogens (tertiary/aromatic N) is 2. The van der Waals surface area contributed by atoms with Crippen molar-refractivity contribution in [2.75, 3.05) is 6.54 Å². The molecule has 0 spiro atoms. The third kappa shape index (κ3) is 7.52. The van der Waals surface area contributed by atoms with Crippen LogP contribution in [0.1, 0.15) is 85.7 Å². The zero-order valence-corrected chi connectivity index (χ0v) is 23.2. The van der Waals surface area contributed by atoms with Gasteiger partial charge in [0.2, 0.25) is 0 Å². The van der Waals surface area contributed by atoms with Crippen LogP contribution in [0.15, 0.2) is 18.2 Å². The van der Waals surface area contributed by atoms with Crippen molar-refractivity contribution in [3.63, 3.8) is 0 Å². The van der Waals surface area contributed by atoms with E-state index in [9.17, 15) is 41.0 Å². The molecule has 0 unspecified atom stereocenters. The number of nitrogens with one attached hydrogen (secondary N) is 1. The Morgan fingerprint density at radius 3 is 2.29 bits per heavy atom. The third-order valence-corrected chi connectivity index (χ3v) is 7.40. The normalized spacial score (nSPS) is 20.1. The summed E-state index contributed by atoms with van der Waals surface area (Å²) in [6, 6.07) is 3.04. The Bertz CT molecular complexity index is 1280. The number of benzene rings is 1. The average Bonchev–Trinajstić information content (AvgIpc) is 3.23. The van der Waals surface area contributed by atoms with E-state index in [-0.39, 0.29) is 24.4 Å². The molecule has 2 aromatic rings. The lowest BCUT2D eigenvalue weighted by Crippen LogP contribution is -2.45. The van der Waals surface area contributed by atoms with Crippen molar-refractivity contribution < 1.29 is 45.8 Å². The zero-order valence-electron chi connectivity index (χ0n) is 23.2. The molecule has 4 N–H and O–H groups in total. The number of rotatable bonds is 9. The average molecular weight is 593 g/mol. The van der Waals surface area contributed by atoms with E-state index in [1.165, 1.54) is 6.07 Å². The maximum atomic E-state index is 13.4. The summed E-state index contributed by atoms with van der Waals surface area (Å²) in [7, 11) is 0. The van der Waals surface area contributed by atoms with Crippen LogP contribution >= 0.6 is 0 Å². The molecule has 41 heavy (non-hydrogen) atoms. The summed E-state index contributed by atoms with van der Waals surface area (Å²) < 4.78 is 85.7. The number of alkyl halides is 6. The summed E-state index contributed by atoms with van der Waals surface area (Å²) in [5.74, 6) is -2.56. The second kappa shape index (κ2) is 11.5. The summed E-state index contributed by atoms with van der Waals surface area (Å²) in [5, 5.41) is 13.4. The number of hydrogen-bond acceptors (Lipinski definition) is 5. The van der Waals surface area contributed by atoms with Gasteiger partial charge in [0, 0.05) is 13.0 Å². The van der Waals surface area contributed by atoms with E-state index in [0.29, 0.717) is 18.8 Å². The lowest BCUT2D eigenvalue weighted by Gasteiger charge is -2.34. The summed E-state index contributed by atoms with van der Waals surface area (Å²) in [5.41, 5.74) is 0.609. The largest absolute Gasteiger partial charge is 0.573 e. The molecule has 0 saturated heterocycles. The van der Waals surface area contributed by atoms with Gasteiger partial charge in [-0.15, -0.1) is 13.2 Å². The summed E-state index contributed by atoms with van der Waals surface area (Å²) in [4.78, 5) is 29.8. The minimum Gasteiger partial charge on any atom is -0.404 e. The van der Waals surface area contributed by atoms with Crippen molar-refractivity contribution in [1.82, 2.24) is 14.9 Å². The highest BCUT2D eigenvalue weighted by Gasteiger charge is 2.47. The van der Waals surface area contributed by atoms with Gasteiger partial charge in [0.15, 0.2) is 11.4 Å². The Kier molecular flexibility index (Phi) is 9.07. The number of carbonyl (C=O) groups excluding carboxylic acids is 2. The summed E-state index contributed by atoms with van der Waals surface area (Å²) in [6.45, 7) is 5.31. The van der Waals surface area contributed by atoms with E-state index in [4.69, 9.17) is 5.73 Å². The Morgan fingerprint density at radius 2 is 1.78 bits per heavy atom. The lowest BCUT2D eigenvalue weighted by molar-refractivity contribution is -0.274. The lowest BCUT2D eigenvalue weighted by atomic mass is 9.79. The molecule has 0 atom stereocenters. The Morgan fingerprint density at radius 1 is 1.17 bits per heavy atom. The van der Waals surface area contributed by atoms with Gasteiger partial charge in [0.05, 0.1) is 16.7 Å². The summed E-state index contributed by atoms with van der Waals surface area (Å²) >= 11 is 0. The number of imidazole rings is 1. The topological polar surface area (TPSA) is 119 Å². The van der Waals surface area contributed by atoms with Crippen molar-refractivity contribution in [2.24, 2.45) is 17.1 Å². The molecule has 0 aliphatic heterocycles. The fourth-order valence-electron chi connectivity index (χ4n) is 4.82. The van der Waals surface area contributed by atoms with Gasteiger partial charge in [-0.1, -0.05) is 33.8 Å². The Hall–Kier alpha value is -3.29. The van der Waals surface area contributed by atoms with E-state index in [1.807, 2.05) is 0 Å². The molecule has 3 rings (SSSR count). The number of hydrogen-bond donors (Lipinski definition) is 3. The Balaban J connectivity index is 2.07. The number of carbonyl (C=O) groups is 2. The quantitative estimate of drug-likeness (QED) is 0.345. The molecule has 1 aliphatic carbocycles. The number of aryl methyl sites for hydroxylation is 1. The molecule has 8 nitrogen and oxygen atoms in total. The highest BCUT2D eigenvalue weighted by Crippen LogP contribution is 2.42. The highest BCUT2D eigenvalue weighted by molar-refractivity contribution is 6.05. The second-order valence-corrected chi connectivity index (χ2v) is 11.3. The molecule has 0 radical (unpaired) electrons. The van der Waals surface area contributed by atoms with Gasteiger partial charge >= 0.3 is 12.5 Å². The van der Waals surface area contributed by atoms with Crippen LogP contribution in [0.2, 0.25) is 0 Å². The minimum absolute atomic E-state index is 0.0236. The van der Waals surface area contributed by atoms with Crippen molar-refractivity contribution in [3.8, 4) is 11.4 Å². The predicted molar refractivity (Wildman–Crippen MR) is 137 cm³/mol. The highest BCUT2D eigenvalue weighted by atomic mass is 19.4. The molecule has 1 aromatic carbocycles. The number of aliphatic hydroxyl groups is 1. The zero-order chi connectivity index (χ0) is 31.0. The number of aromatic nitrogens is 2. The molecule has 1 heterocycles. The monoisotopic (exact) mass is 592 g/mol. The van der Waals surface area contributed by atoms with Crippen molar-refractivity contribution in [1.29, 1.82) is 0 Å². The van der Waals surface area contributed by atoms with Crippen LogP contribution in [-0.4, -0.2) is 51.2 Å². The number of ether oxygens (including phenoxy) is 1. The number of amides is 2. The molecule has 1 saturated carbocycles. The Labute approximate surface area is 233 Å². The van der Waals surface area contributed by atoms with Crippen molar-refractivity contribution in [3.05, 3.63) is 41.0 Å². The van der Waals surface area contributed by atoms with Gasteiger partial charge in [0.25, 0.3) is 11.8 Å². The van der Waals surface area contributed by atoms with E-state index in [2.05, 4.69) is 22.0 Å². The molecule has 1 fully saturated rings. The predicted octanol–water partition coefficient (Wildman–Crippen LogP) is 5.23. The standard InChI is InChI=1S/C27H34F6N4O4/c1-5-19-36-20(23(39)35-14-25(40)10-8-15(2)9-11-25)21(22(34)38)37(19)17-7-6-16(12-18(17)41-27(31,32)33)13-24(3,4)26(28,29)30/h6-7,12,15,40H,5,8-11,13-14H2,1-4H3,(H2,34,38)(H,35,39). The number of halogens is 6. The molecule has 228 valence electrons. The molecule has 1 aliphatic rings. The minimum atomic E-state index is -5.24. The molecule has 1 aromatic heterocycles. The van der Waals surface area contributed by atoms with Crippen LogP contribution < -0.4 is 15.8 Å². The third-order valence-electron chi connectivity index (χ3n) is 7.40. The van der Waals surface area contributed by atoms with E-state index < -0.39 is 64.6 Å². The van der Waals surface area contributed by atoms with Crippen LogP contribution in [0.25, 0.3) is 5.69 Å². The molecular weight excluding hydrogens is 558 g/mol. The number of primary amides is 1. The first-order valence-electron chi connectivity index (χ1n) is 13.1. The van der Waals surface area contributed by atoms with Crippen molar-refractivity contribution >= 4 is 11.8 Å². The first-order valence-corrected chi connectivity index (χ1v) is 13.1. The van der Waals surface area contributed by atoms with Crippen LogP contribution in [0.5, 0.6) is 5.75 Å². The molecular formula is C27H34F6N4O4. The van der Waals surface area contributed by atoms with Gasteiger partial charge < -0.3 is 20.9 Å². The maximum absolute atomic E-state index is 13.4.